The third-order valence-corrected chi connectivity index (χ3v) is 2.41. The van der Waals surface area contributed by atoms with Gasteiger partial charge in [-0.25, -0.2) is 0 Å². The highest BCUT2D eigenvalue weighted by molar-refractivity contribution is 5.77. The first-order valence-corrected chi connectivity index (χ1v) is 5.66. The molecule has 0 saturated heterocycles. The van der Waals surface area contributed by atoms with Crippen LogP contribution >= 0.6 is 0 Å². The summed E-state index contributed by atoms with van der Waals surface area (Å²) in [7, 11) is 1.29. The summed E-state index contributed by atoms with van der Waals surface area (Å²) >= 11 is 0. The zero-order valence-electron chi connectivity index (χ0n) is 10.3. The summed E-state index contributed by atoms with van der Waals surface area (Å²) in [5.41, 5.74) is 6.50. The van der Waals surface area contributed by atoms with E-state index in [0.717, 1.165) is 5.56 Å². The fraction of sp³-hybridized carbons (Fsp3) is 0.385. The van der Waals surface area contributed by atoms with Crippen molar-refractivity contribution in [1.29, 1.82) is 0 Å². The predicted octanol–water partition coefficient (Wildman–Crippen LogP) is 1.01. The average Bonchev–Trinajstić information content (AvgIpc) is 2.42. The number of carbonyl (C=O) groups excluding carboxylic acids is 2. The van der Waals surface area contributed by atoms with Crippen molar-refractivity contribution in [2.24, 2.45) is 5.73 Å². The predicted molar refractivity (Wildman–Crippen MR) is 65.5 cm³/mol. The molecule has 0 spiro atoms. The minimum absolute atomic E-state index is 0.109. The Morgan fingerprint density at radius 2 is 1.94 bits per heavy atom. The van der Waals surface area contributed by atoms with Gasteiger partial charge in [-0.1, -0.05) is 30.3 Å². The van der Waals surface area contributed by atoms with Gasteiger partial charge >= 0.3 is 11.9 Å². The maximum atomic E-state index is 11.5. The molecule has 0 unspecified atom stereocenters. The first kappa shape index (κ1) is 14.2. The normalized spacial score (nSPS) is 11.7. The number of rotatable bonds is 6. The molecule has 2 N–H and O–H groups in total. The number of hydrogen-bond acceptors (Lipinski definition) is 5. The largest absolute Gasteiger partial charge is 0.469 e. The van der Waals surface area contributed by atoms with Gasteiger partial charge < -0.3 is 15.2 Å². The Morgan fingerprint density at radius 3 is 2.56 bits per heavy atom. The molecule has 98 valence electrons. The number of ether oxygens (including phenoxy) is 2. The van der Waals surface area contributed by atoms with Crippen molar-refractivity contribution in [3.05, 3.63) is 35.9 Å². The third kappa shape index (κ3) is 4.97. The van der Waals surface area contributed by atoms with Gasteiger partial charge in [0.2, 0.25) is 0 Å². The Morgan fingerprint density at radius 1 is 1.28 bits per heavy atom. The molecule has 0 aliphatic rings. The van der Waals surface area contributed by atoms with Crippen molar-refractivity contribution in [3.63, 3.8) is 0 Å². The Bertz CT molecular complexity index is 391. The van der Waals surface area contributed by atoms with E-state index in [0.29, 0.717) is 0 Å². The molecule has 1 aromatic rings. The van der Waals surface area contributed by atoms with Crippen molar-refractivity contribution in [2.75, 3.05) is 7.11 Å². The fourth-order valence-electron chi connectivity index (χ4n) is 1.33. The molecule has 0 aromatic heterocycles. The van der Waals surface area contributed by atoms with Crippen molar-refractivity contribution >= 4 is 11.9 Å². The highest BCUT2D eigenvalue weighted by atomic mass is 16.5. The van der Waals surface area contributed by atoms with Crippen LogP contribution in [0.1, 0.15) is 18.4 Å². The molecule has 0 bridgehead atoms. The molecule has 1 rings (SSSR count). The number of esters is 2. The lowest BCUT2D eigenvalue weighted by Crippen LogP contribution is -2.32. The molecule has 5 heteroatoms. The summed E-state index contributed by atoms with van der Waals surface area (Å²) in [6.07, 6.45) is 0.332. The summed E-state index contributed by atoms with van der Waals surface area (Å²) in [6.45, 7) is 0.186. The second-order valence-corrected chi connectivity index (χ2v) is 3.81. The smallest absolute Gasteiger partial charge is 0.323 e. The Balaban J connectivity index is 2.30. The van der Waals surface area contributed by atoms with Crippen molar-refractivity contribution in [2.45, 2.75) is 25.5 Å². The number of nitrogens with two attached hydrogens (primary N) is 1. The quantitative estimate of drug-likeness (QED) is 0.763. The zero-order chi connectivity index (χ0) is 13.4. The number of methoxy groups -OCH3 is 1. The number of benzene rings is 1. The van der Waals surface area contributed by atoms with Crippen LogP contribution in [0.4, 0.5) is 0 Å². The van der Waals surface area contributed by atoms with Gasteiger partial charge in [-0.05, 0) is 12.0 Å². The minimum atomic E-state index is -0.798. The summed E-state index contributed by atoms with van der Waals surface area (Å²) < 4.78 is 9.50. The van der Waals surface area contributed by atoms with Crippen LogP contribution in [-0.4, -0.2) is 25.1 Å². The lowest BCUT2D eigenvalue weighted by atomic mass is 10.2. The van der Waals surface area contributed by atoms with Crippen LogP contribution in [0.3, 0.4) is 0 Å². The maximum absolute atomic E-state index is 11.5. The van der Waals surface area contributed by atoms with Crippen LogP contribution < -0.4 is 5.73 Å². The monoisotopic (exact) mass is 251 g/mol. The molecule has 0 aliphatic heterocycles. The molecule has 18 heavy (non-hydrogen) atoms. The molecule has 0 saturated carbocycles. The fourth-order valence-corrected chi connectivity index (χ4v) is 1.33. The van der Waals surface area contributed by atoms with Gasteiger partial charge in [-0.15, -0.1) is 0 Å². The van der Waals surface area contributed by atoms with Crippen LogP contribution in [0, 0.1) is 0 Å². The molecular weight excluding hydrogens is 234 g/mol. The molecule has 0 heterocycles. The van der Waals surface area contributed by atoms with Gasteiger partial charge in [0.05, 0.1) is 7.11 Å². The minimum Gasteiger partial charge on any atom is -0.469 e. The van der Waals surface area contributed by atoms with E-state index in [-0.39, 0.29) is 25.4 Å². The molecule has 0 fully saturated rings. The van der Waals surface area contributed by atoms with E-state index >= 15 is 0 Å². The van der Waals surface area contributed by atoms with E-state index < -0.39 is 12.0 Å². The third-order valence-electron chi connectivity index (χ3n) is 2.41. The van der Waals surface area contributed by atoms with Gasteiger partial charge in [0.1, 0.15) is 12.6 Å². The highest BCUT2D eigenvalue weighted by Crippen LogP contribution is 2.04. The zero-order valence-corrected chi connectivity index (χ0v) is 10.3. The second kappa shape index (κ2) is 7.45. The first-order chi connectivity index (χ1) is 8.63. The van der Waals surface area contributed by atoms with Crippen LogP contribution in [0.5, 0.6) is 0 Å². The van der Waals surface area contributed by atoms with Crippen LogP contribution in [-0.2, 0) is 25.7 Å². The van der Waals surface area contributed by atoms with E-state index in [9.17, 15) is 9.59 Å². The van der Waals surface area contributed by atoms with Gasteiger partial charge in [-0.2, -0.15) is 0 Å². The van der Waals surface area contributed by atoms with Crippen LogP contribution in [0.25, 0.3) is 0 Å². The van der Waals surface area contributed by atoms with E-state index in [1.54, 1.807) is 0 Å². The lowest BCUT2D eigenvalue weighted by molar-refractivity contribution is -0.147. The summed E-state index contributed by atoms with van der Waals surface area (Å²) in [5.74, 6) is -0.899. The van der Waals surface area contributed by atoms with Crippen molar-refractivity contribution < 1.29 is 19.1 Å². The SMILES string of the molecule is COC(=O)CC[C@H](N)C(=O)OCc1ccccc1. The Kier molecular flexibility index (Phi) is 5.87. The van der Waals surface area contributed by atoms with Crippen molar-refractivity contribution in [1.82, 2.24) is 0 Å². The summed E-state index contributed by atoms with van der Waals surface area (Å²) in [4.78, 5) is 22.4. The van der Waals surface area contributed by atoms with Crippen molar-refractivity contribution in [3.8, 4) is 0 Å². The molecule has 1 aromatic carbocycles. The van der Waals surface area contributed by atoms with Gasteiger partial charge in [0.15, 0.2) is 0 Å². The van der Waals surface area contributed by atoms with E-state index in [2.05, 4.69) is 4.74 Å². The first-order valence-electron chi connectivity index (χ1n) is 5.66. The highest BCUT2D eigenvalue weighted by Gasteiger charge is 2.16. The van der Waals surface area contributed by atoms with E-state index in [4.69, 9.17) is 10.5 Å². The number of carbonyl (C=O) groups is 2. The van der Waals surface area contributed by atoms with Gasteiger partial charge in [-0.3, -0.25) is 9.59 Å². The summed E-state index contributed by atoms with van der Waals surface area (Å²) in [6, 6.07) is 8.52. The average molecular weight is 251 g/mol. The van der Waals surface area contributed by atoms with Crippen LogP contribution in [0.2, 0.25) is 0 Å². The Hall–Kier alpha value is -1.88. The molecule has 0 amide bonds. The maximum Gasteiger partial charge on any atom is 0.323 e. The molecule has 0 aliphatic carbocycles. The van der Waals surface area contributed by atoms with E-state index in [1.807, 2.05) is 30.3 Å². The Labute approximate surface area is 106 Å². The van der Waals surface area contributed by atoms with Gasteiger partial charge in [0, 0.05) is 6.42 Å². The molecule has 5 nitrogen and oxygen atoms in total. The topological polar surface area (TPSA) is 78.6 Å². The van der Waals surface area contributed by atoms with Gasteiger partial charge in [0.25, 0.3) is 0 Å². The summed E-state index contributed by atoms with van der Waals surface area (Å²) in [5, 5.41) is 0. The second-order valence-electron chi connectivity index (χ2n) is 3.81. The number of hydrogen-bond donors (Lipinski definition) is 1. The molecule has 1 atom stereocenters. The lowest BCUT2D eigenvalue weighted by Gasteiger charge is -2.10. The molecule has 0 radical (unpaired) electrons. The molecular formula is C13H17NO4. The van der Waals surface area contributed by atoms with E-state index in [1.165, 1.54) is 7.11 Å². The van der Waals surface area contributed by atoms with Crippen LogP contribution in [0.15, 0.2) is 30.3 Å². The standard InChI is InChI=1S/C13H17NO4/c1-17-12(15)8-7-11(14)13(16)18-9-10-5-3-2-4-6-10/h2-6,11H,7-9,14H2,1H3/t11-/m0/s1.